The Balaban J connectivity index is 1.97. The molecule has 1 aliphatic heterocycles. The lowest BCUT2D eigenvalue weighted by atomic mass is 10.2. The van der Waals surface area contributed by atoms with Gasteiger partial charge in [-0.2, -0.15) is 0 Å². The molecule has 0 aromatic carbocycles. The fourth-order valence-electron chi connectivity index (χ4n) is 1.00. The topological polar surface area (TPSA) is 47.6 Å². The molecule has 0 amide bonds. The summed E-state index contributed by atoms with van der Waals surface area (Å²) in [7, 11) is 0. The minimum absolute atomic E-state index is 0.217. The molecule has 1 saturated carbocycles. The first-order valence-electron chi connectivity index (χ1n) is 4.07. The van der Waals surface area contributed by atoms with Crippen LogP contribution in [0.1, 0.15) is 12.8 Å². The van der Waals surface area contributed by atoms with Crippen molar-refractivity contribution in [1.29, 1.82) is 0 Å². The molecule has 2 unspecified atom stereocenters. The van der Waals surface area contributed by atoms with E-state index >= 15 is 0 Å². The van der Waals surface area contributed by atoms with Gasteiger partial charge < -0.3 is 10.5 Å². The Hall–Kier alpha value is -0.540. The molecule has 2 atom stereocenters. The number of halogens is 1. The van der Waals surface area contributed by atoms with E-state index < -0.39 is 0 Å². The van der Waals surface area contributed by atoms with Crippen molar-refractivity contribution >= 4 is 17.8 Å². The van der Waals surface area contributed by atoms with Gasteiger partial charge in [0.05, 0.1) is 18.4 Å². The second-order valence-corrected chi connectivity index (χ2v) is 3.56. The number of hydrogen-bond donors (Lipinski definition) is 1. The molecule has 2 aliphatic rings. The lowest BCUT2D eigenvalue weighted by Gasteiger charge is -2.16. The number of dihydropyridines is 1. The third-order valence-electron chi connectivity index (χ3n) is 1.85. The maximum absolute atomic E-state index is 5.76. The highest BCUT2D eigenvalue weighted by atomic mass is 35.5. The van der Waals surface area contributed by atoms with E-state index in [9.17, 15) is 0 Å². The van der Waals surface area contributed by atoms with Crippen LogP contribution < -0.4 is 5.73 Å². The van der Waals surface area contributed by atoms with Crippen LogP contribution in [0.3, 0.4) is 0 Å². The van der Waals surface area contributed by atoms with Crippen LogP contribution in [-0.4, -0.2) is 23.9 Å². The Morgan fingerprint density at radius 1 is 1.58 bits per heavy atom. The highest BCUT2D eigenvalue weighted by Gasteiger charge is 2.25. The summed E-state index contributed by atoms with van der Waals surface area (Å²) >= 11 is 5.76. The Labute approximate surface area is 76.2 Å². The molecule has 1 heterocycles. The molecule has 1 fully saturated rings. The minimum Gasteiger partial charge on any atom is -0.489 e. The third-order valence-corrected chi connectivity index (χ3v) is 2.25. The number of ether oxygens (including phenoxy) is 1. The van der Waals surface area contributed by atoms with E-state index in [1.165, 1.54) is 0 Å². The predicted molar refractivity (Wildman–Crippen MR) is 48.3 cm³/mol. The summed E-state index contributed by atoms with van der Waals surface area (Å²) in [6.45, 7) is 0. The molecule has 66 valence electrons. The molecule has 0 radical (unpaired) electrons. The van der Waals surface area contributed by atoms with Crippen molar-refractivity contribution in [1.82, 2.24) is 0 Å². The van der Waals surface area contributed by atoms with Gasteiger partial charge in [-0.3, -0.25) is 4.99 Å². The van der Waals surface area contributed by atoms with Crippen molar-refractivity contribution in [2.24, 2.45) is 10.7 Å². The number of nitrogens with zero attached hydrogens (tertiary/aromatic N) is 1. The first-order chi connectivity index (χ1) is 5.75. The summed E-state index contributed by atoms with van der Waals surface area (Å²) in [4.78, 5) is 4.00. The Bertz CT molecular complexity index is 235. The van der Waals surface area contributed by atoms with Gasteiger partial charge in [0, 0.05) is 0 Å². The molecule has 0 aromatic heterocycles. The lowest BCUT2D eigenvalue weighted by Crippen LogP contribution is -2.30. The summed E-state index contributed by atoms with van der Waals surface area (Å²) < 4.78 is 5.49. The summed E-state index contributed by atoms with van der Waals surface area (Å²) in [6.07, 6.45) is 6.15. The van der Waals surface area contributed by atoms with Crippen LogP contribution in [0.5, 0.6) is 0 Å². The summed E-state index contributed by atoms with van der Waals surface area (Å²) in [5.74, 6) is 0.766. The lowest BCUT2D eigenvalue weighted by molar-refractivity contribution is 0.214. The number of allylic oxidation sites excluding steroid dienone is 1. The Morgan fingerprint density at radius 3 is 2.92 bits per heavy atom. The van der Waals surface area contributed by atoms with Crippen molar-refractivity contribution in [3.63, 3.8) is 0 Å². The Kier molecular flexibility index (Phi) is 2.07. The molecule has 1 aliphatic carbocycles. The molecule has 3 nitrogen and oxygen atoms in total. The Morgan fingerprint density at radius 2 is 2.33 bits per heavy atom. The molecule has 2 N–H and O–H groups in total. The standard InChI is InChI=1S/C8H11ClN2O/c9-8-7(10)3-6(4-11-8)12-5-1-2-5/h3-5,7-8H,1-2,10H2. The van der Waals surface area contributed by atoms with Crippen molar-refractivity contribution in [3.05, 3.63) is 11.8 Å². The predicted octanol–water partition coefficient (Wildman–Crippen LogP) is 1.03. The van der Waals surface area contributed by atoms with E-state index in [-0.39, 0.29) is 11.5 Å². The number of alkyl halides is 1. The second-order valence-electron chi connectivity index (χ2n) is 3.11. The quantitative estimate of drug-likeness (QED) is 0.517. The number of hydrogen-bond acceptors (Lipinski definition) is 3. The van der Waals surface area contributed by atoms with Crippen molar-refractivity contribution in [3.8, 4) is 0 Å². The molecule has 0 bridgehead atoms. The molecule has 0 saturated heterocycles. The van der Waals surface area contributed by atoms with Crippen LogP contribution in [0.2, 0.25) is 0 Å². The first kappa shape index (κ1) is 8.08. The van der Waals surface area contributed by atoms with E-state index in [1.54, 1.807) is 6.21 Å². The first-order valence-corrected chi connectivity index (χ1v) is 4.50. The van der Waals surface area contributed by atoms with E-state index in [0.717, 1.165) is 18.6 Å². The molecule has 2 rings (SSSR count). The summed E-state index contributed by atoms with van der Waals surface area (Å²) in [5, 5.41) is 0. The molecule has 0 spiro atoms. The fourth-order valence-corrected chi connectivity index (χ4v) is 1.13. The third kappa shape index (κ3) is 1.79. The number of nitrogens with two attached hydrogens (primary N) is 1. The van der Waals surface area contributed by atoms with Gasteiger partial charge in [-0.25, -0.2) is 0 Å². The van der Waals surface area contributed by atoms with Crippen molar-refractivity contribution in [2.75, 3.05) is 0 Å². The van der Waals surface area contributed by atoms with Gasteiger partial charge in [0.15, 0.2) is 0 Å². The van der Waals surface area contributed by atoms with Gasteiger partial charge in [-0.15, -0.1) is 0 Å². The molecule has 12 heavy (non-hydrogen) atoms. The zero-order valence-corrected chi connectivity index (χ0v) is 7.37. The smallest absolute Gasteiger partial charge is 0.142 e. The van der Waals surface area contributed by atoms with Crippen LogP contribution >= 0.6 is 11.6 Å². The van der Waals surface area contributed by atoms with Gasteiger partial charge in [0.25, 0.3) is 0 Å². The SMILES string of the molecule is NC1C=C(OC2CC2)C=NC1Cl. The van der Waals surface area contributed by atoms with E-state index in [0.29, 0.717) is 6.10 Å². The zero-order valence-electron chi connectivity index (χ0n) is 6.61. The highest BCUT2D eigenvalue weighted by molar-refractivity contribution is 6.21. The van der Waals surface area contributed by atoms with Gasteiger partial charge >= 0.3 is 0 Å². The van der Waals surface area contributed by atoms with Gasteiger partial charge in [0.2, 0.25) is 0 Å². The largest absolute Gasteiger partial charge is 0.489 e. The summed E-state index contributed by atoms with van der Waals surface area (Å²) in [6, 6.07) is -0.217. The maximum atomic E-state index is 5.76. The van der Waals surface area contributed by atoms with E-state index in [4.69, 9.17) is 22.1 Å². The molecule has 0 aromatic rings. The van der Waals surface area contributed by atoms with Gasteiger partial charge in [-0.05, 0) is 18.9 Å². The average Bonchev–Trinajstić information content (AvgIpc) is 2.81. The van der Waals surface area contributed by atoms with Crippen LogP contribution in [0.25, 0.3) is 0 Å². The minimum atomic E-state index is -0.337. The average molecular weight is 187 g/mol. The van der Waals surface area contributed by atoms with E-state index in [2.05, 4.69) is 4.99 Å². The van der Waals surface area contributed by atoms with E-state index in [1.807, 2.05) is 6.08 Å². The fraction of sp³-hybridized carbons (Fsp3) is 0.625. The number of aliphatic imine (C=N–C) groups is 1. The number of rotatable bonds is 2. The highest BCUT2D eigenvalue weighted by Crippen LogP contribution is 2.26. The monoisotopic (exact) mass is 186 g/mol. The normalized spacial score (nSPS) is 34.7. The van der Waals surface area contributed by atoms with Crippen molar-refractivity contribution < 1.29 is 4.74 Å². The van der Waals surface area contributed by atoms with Gasteiger partial charge in [0.1, 0.15) is 11.3 Å². The van der Waals surface area contributed by atoms with Crippen LogP contribution in [0, 0.1) is 0 Å². The molecule has 4 heteroatoms. The maximum Gasteiger partial charge on any atom is 0.142 e. The summed E-state index contributed by atoms with van der Waals surface area (Å²) in [5.41, 5.74) is 5.33. The van der Waals surface area contributed by atoms with Crippen molar-refractivity contribution in [2.45, 2.75) is 30.5 Å². The van der Waals surface area contributed by atoms with Crippen LogP contribution in [-0.2, 0) is 4.74 Å². The molecular weight excluding hydrogens is 176 g/mol. The van der Waals surface area contributed by atoms with Crippen LogP contribution in [0.15, 0.2) is 16.8 Å². The van der Waals surface area contributed by atoms with Crippen LogP contribution in [0.4, 0.5) is 0 Å². The molecular formula is C8H11ClN2O. The second kappa shape index (κ2) is 3.07. The zero-order chi connectivity index (χ0) is 8.55. The van der Waals surface area contributed by atoms with Gasteiger partial charge in [-0.1, -0.05) is 11.6 Å².